The zero-order chi connectivity index (χ0) is 17.1. The molecule has 130 valence electrons. The smallest absolute Gasteiger partial charge is 0.254 e. The number of aryl methyl sites for hydroxylation is 1. The third-order valence-corrected chi connectivity index (χ3v) is 5.31. The Hall–Kier alpha value is -1.95. The lowest BCUT2D eigenvalue weighted by atomic mass is 9.84. The van der Waals surface area contributed by atoms with Crippen molar-refractivity contribution < 1.29 is 14.3 Å². The molecular weight excluding hydrogens is 306 g/mol. The van der Waals surface area contributed by atoms with Crippen LogP contribution in [0, 0.1) is 11.8 Å². The van der Waals surface area contributed by atoms with Crippen molar-refractivity contribution in [2.45, 2.75) is 38.7 Å². The summed E-state index contributed by atoms with van der Waals surface area (Å²) in [6, 6.07) is 1.80. The molecule has 2 amide bonds. The highest BCUT2D eigenvalue weighted by Crippen LogP contribution is 2.33. The van der Waals surface area contributed by atoms with Crippen LogP contribution in [-0.2, 0) is 16.0 Å². The summed E-state index contributed by atoms with van der Waals surface area (Å²) < 4.78 is 5.77. The van der Waals surface area contributed by atoms with E-state index in [1.165, 1.54) is 0 Å². The van der Waals surface area contributed by atoms with Crippen LogP contribution in [0.4, 0.5) is 0 Å². The van der Waals surface area contributed by atoms with Gasteiger partial charge in [-0.25, -0.2) is 0 Å². The number of rotatable bonds is 4. The van der Waals surface area contributed by atoms with E-state index >= 15 is 0 Å². The molecule has 0 aliphatic carbocycles. The predicted molar refractivity (Wildman–Crippen MR) is 89.3 cm³/mol. The standard InChI is InChI=1S/C18H25N3O3/c1-2-12-11-20-7-3-14(12)18(23)21-8-4-13(5-9-21)16-15(17(19)22)6-10-24-16/h3,7,11,13,15-16H,2,4-6,8-10H2,1H3,(H2,19,22)/t15-,16+/m0/s1. The molecular formula is C18H25N3O3. The molecule has 2 aliphatic heterocycles. The molecule has 1 aromatic heterocycles. The maximum atomic E-state index is 12.8. The SMILES string of the molecule is CCc1cnccc1C(=O)N1CCC([C@H]2OCC[C@@H]2C(N)=O)CC1. The van der Waals surface area contributed by atoms with Crippen LogP contribution < -0.4 is 5.73 Å². The quantitative estimate of drug-likeness (QED) is 0.903. The van der Waals surface area contributed by atoms with Crippen molar-refractivity contribution in [1.29, 1.82) is 0 Å². The van der Waals surface area contributed by atoms with Gasteiger partial charge in [-0.1, -0.05) is 6.92 Å². The number of aromatic nitrogens is 1. The van der Waals surface area contributed by atoms with Crippen molar-refractivity contribution >= 4 is 11.8 Å². The molecule has 0 saturated carbocycles. The fourth-order valence-corrected chi connectivity index (χ4v) is 3.90. The van der Waals surface area contributed by atoms with E-state index in [2.05, 4.69) is 4.98 Å². The molecule has 3 rings (SSSR count). The van der Waals surface area contributed by atoms with Gasteiger partial charge in [-0.3, -0.25) is 14.6 Å². The number of primary amides is 1. The maximum absolute atomic E-state index is 12.8. The average molecular weight is 331 g/mol. The van der Waals surface area contributed by atoms with Crippen molar-refractivity contribution in [3.05, 3.63) is 29.6 Å². The van der Waals surface area contributed by atoms with E-state index in [1.54, 1.807) is 18.5 Å². The number of likely N-dealkylation sites (tertiary alicyclic amines) is 1. The Kier molecular flexibility index (Phi) is 5.14. The number of carbonyl (C=O) groups is 2. The molecule has 6 heteroatoms. The Bertz CT molecular complexity index is 611. The van der Waals surface area contributed by atoms with E-state index in [0.717, 1.165) is 36.8 Å². The summed E-state index contributed by atoms with van der Waals surface area (Å²) in [4.78, 5) is 30.3. The number of amides is 2. The van der Waals surface area contributed by atoms with Gasteiger partial charge < -0.3 is 15.4 Å². The van der Waals surface area contributed by atoms with E-state index in [0.29, 0.717) is 25.6 Å². The third kappa shape index (κ3) is 3.29. The van der Waals surface area contributed by atoms with E-state index in [9.17, 15) is 9.59 Å². The van der Waals surface area contributed by atoms with Crippen LogP contribution in [0.2, 0.25) is 0 Å². The number of carbonyl (C=O) groups excluding carboxylic acids is 2. The summed E-state index contributed by atoms with van der Waals surface area (Å²) in [6.07, 6.45) is 6.58. The van der Waals surface area contributed by atoms with Crippen LogP contribution in [0.15, 0.2) is 18.5 Å². The fourth-order valence-electron chi connectivity index (χ4n) is 3.90. The highest BCUT2D eigenvalue weighted by atomic mass is 16.5. The van der Waals surface area contributed by atoms with Gasteiger partial charge in [0, 0.05) is 37.7 Å². The summed E-state index contributed by atoms with van der Waals surface area (Å²) in [5, 5.41) is 0. The Morgan fingerprint density at radius 3 is 2.75 bits per heavy atom. The summed E-state index contributed by atoms with van der Waals surface area (Å²) >= 11 is 0. The van der Waals surface area contributed by atoms with E-state index in [-0.39, 0.29) is 23.8 Å². The topological polar surface area (TPSA) is 85.5 Å². The molecule has 2 N–H and O–H groups in total. The molecule has 0 spiro atoms. The summed E-state index contributed by atoms with van der Waals surface area (Å²) in [5.41, 5.74) is 7.22. The van der Waals surface area contributed by atoms with Gasteiger partial charge in [0.15, 0.2) is 0 Å². The number of ether oxygens (including phenoxy) is 1. The minimum atomic E-state index is -0.264. The van der Waals surface area contributed by atoms with Crippen LogP contribution in [0.25, 0.3) is 0 Å². The van der Waals surface area contributed by atoms with Crippen LogP contribution in [0.3, 0.4) is 0 Å². The van der Waals surface area contributed by atoms with Gasteiger partial charge in [-0.05, 0) is 43.2 Å². The van der Waals surface area contributed by atoms with E-state index in [1.807, 2.05) is 11.8 Å². The first-order valence-electron chi connectivity index (χ1n) is 8.75. The van der Waals surface area contributed by atoms with Crippen molar-refractivity contribution in [2.75, 3.05) is 19.7 Å². The normalized spacial score (nSPS) is 25.0. The molecule has 0 aromatic carbocycles. The summed E-state index contributed by atoms with van der Waals surface area (Å²) in [7, 11) is 0. The number of hydrogen-bond donors (Lipinski definition) is 1. The van der Waals surface area contributed by atoms with Crippen LogP contribution in [-0.4, -0.2) is 47.5 Å². The van der Waals surface area contributed by atoms with Gasteiger partial charge in [-0.2, -0.15) is 0 Å². The molecule has 0 radical (unpaired) electrons. The molecule has 3 heterocycles. The zero-order valence-electron chi connectivity index (χ0n) is 14.1. The van der Waals surface area contributed by atoms with Crippen molar-refractivity contribution in [1.82, 2.24) is 9.88 Å². The third-order valence-electron chi connectivity index (χ3n) is 5.31. The molecule has 0 bridgehead atoms. The van der Waals surface area contributed by atoms with Gasteiger partial charge in [0.05, 0.1) is 12.0 Å². The lowest BCUT2D eigenvalue weighted by Gasteiger charge is -2.36. The molecule has 2 fully saturated rings. The van der Waals surface area contributed by atoms with Gasteiger partial charge >= 0.3 is 0 Å². The second-order valence-electron chi connectivity index (χ2n) is 6.65. The monoisotopic (exact) mass is 331 g/mol. The molecule has 1 aromatic rings. The molecule has 0 unspecified atom stereocenters. The van der Waals surface area contributed by atoms with Crippen molar-refractivity contribution in [3.8, 4) is 0 Å². The van der Waals surface area contributed by atoms with Crippen LogP contribution in [0.1, 0.15) is 42.1 Å². The molecule has 6 nitrogen and oxygen atoms in total. The van der Waals surface area contributed by atoms with Crippen LogP contribution in [0.5, 0.6) is 0 Å². The second kappa shape index (κ2) is 7.30. The minimum Gasteiger partial charge on any atom is -0.377 e. The fraction of sp³-hybridized carbons (Fsp3) is 0.611. The summed E-state index contributed by atoms with van der Waals surface area (Å²) in [6.45, 7) is 4.02. The Labute approximate surface area is 142 Å². The highest BCUT2D eigenvalue weighted by Gasteiger charge is 2.40. The van der Waals surface area contributed by atoms with Gasteiger partial charge in [0.2, 0.25) is 5.91 Å². The number of piperidine rings is 1. The summed E-state index contributed by atoms with van der Waals surface area (Å²) in [5.74, 6) is -0.0619. The zero-order valence-corrected chi connectivity index (χ0v) is 14.1. The van der Waals surface area contributed by atoms with Gasteiger partial charge in [-0.15, -0.1) is 0 Å². The number of nitrogens with zero attached hydrogens (tertiary/aromatic N) is 2. The van der Waals surface area contributed by atoms with Crippen molar-refractivity contribution in [3.63, 3.8) is 0 Å². The Balaban J connectivity index is 1.63. The Morgan fingerprint density at radius 1 is 1.33 bits per heavy atom. The first-order chi connectivity index (χ1) is 11.6. The van der Waals surface area contributed by atoms with Crippen molar-refractivity contribution in [2.24, 2.45) is 17.6 Å². The maximum Gasteiger partial charge on any atom is 0.254 e. The first kappa shape index (κ1) is 16.9. The molecule has 24 heavy (non-hydrogen) atoms. The highest BCUT2D eigenvalue weighted by molar-refractivity contribution is 5.95. The van der Waals surface area contributed by atoms with E-state index in [4.69, 9.17) is 10.5 Å². The van der Waals surface area contributed by atoms with Gasteiger partial charge in [0.25, 0.3) is 5.91 Å². The number of pyridine rings is 1. The average Bonchev–Trinajstić information content (AvgIpc) is 3.11. The number of nitrogens with two attached hydrogens (primary N) is 1. The molecule has 2 aliphatic rings. The minimum absolute atomic E-state index is 0.0755. The lowest BCUT2D eigenvalue weighted by molar-refractivity contribution is -0.124. The molecule has 2 saturated heterocycles. The predicted octanol–water partition coefficient (Wildman–Crippen LogP) is 1.39. The lowest BCUT2D eigenvalue weighted by Crippen LogP contribution is -2.44. The largest absolute Gasteiger partial charge is 0.377 e. The van der Waals surface area contributed by atoms with Gasteiger partial charge in [0.1, 0.15) is 0 Å². The Morgan fingerprint density at radius 2 is 2.08 bits per heavy atom. The second-order valence-corrected chi connectivity index (χ2v) is 6.65. The van der Waals surface area contributed by atoms with Crippen LogP contribution >= 0.6 is 0 Å². The van der Waals surface area contributed by atoms with E-state index < -0.39 is 0 Å². The number of hydrogen-bond acceptors (Lipinski definition) is 4. The molecule has 2 atom stereocenters. The first-order valence-corrected chi connectivity index (χ1v) is 8.75.